The number of allylic oxidation sites excluding steroid dienone is 5. The number of aryl methyl sites for hydroxylation is 1. The Bertz CT molecular complexity index is 1020. The summed E-state index contributed by atoms with van der Waals surface area (Å²) in [5.74, 6) is -0.693. The number of carbonyl (C=O) groups excluding carboxylic acids is 3. The first-order chi connectivity index (χ1) is 20.5. The van der Waals surface area contributed by atoms with Crippen molar-refractivity contribution < 1.29 is 19.1 Å². The maximum absolute atomic E-state index is 12.5. The minimum atomic E-state index is -0.260. The second-order valence-corrected chi connectivity index (χ2v) is 11.7. The van der Waals surface area contributed by atoms with Gasteiger partial charge in [0, 0.05) is 19.0 Å². The molecule has 0 N–H and O–H groups in total. The van der Waals surface area contributed by atoms with Gasteiger partial charge in [0.2, 0.25) is 5.78 Å². The van der Waals surface area contributed by atoms with E-state index < -0.39 is 0 Å². The number of unbranched alkanes of at least 4 members (excludes halogenated alkanes) is 9. The fourth-order valence-corrected chi connectivity index (χ4v) is 5.58. The van der Waals surface area contributed by atoms with Crippen LogP contribution in [-0.2, 0) is 20.7 Å². The molecular weight excluding hydrogens is 522 g/mol. The number of carbonyl (C=O) groups is 3. The highest BCUT2D eigenvalue weighted by Crippen LogP contribution is 2.18. The molecule has 1 aromatic carbocycles. The quantitative estimate of drug-likeness (QED) is 0.0632. The van der Waals surface area contributed by atoms with Gasteiger partial charge in [-0.05, 0) is 82.9 Å². The van der Waals surface area contributed by atoms with E-state index in [-0.39, 0.29) is 23.7 Å². The van der Waals surface area contributed by atoms with Crippen LogP contribution in [0.1, 0.15) is 133 Å². The highest BCUT2D eigenvalue weighted by Gasteiger charge is 2.27. The number of hydrogen-bond acceptors (Lipinski definition) is 4. The summed E-state index contributed by atoms with van der Waals surface area (Å²) in [6, 6.07) is 8.02. The average Bonchev–Trinajstić information content (AvgIpc) is 3.00. The van der Waals surface area contributed by atoms with Crippen LogP contribution in [0.25, 0.3) is 0 Å². The number of ether oxygens (including phenoxy) is 1. The first-order valence-electron chi connectivity index (χ1n) is 16.5. The van der Waals surface area contributed by atoms with Gasteiger partial charge in [0.1, 0.15) is 0 Å². The molecule has 1 heterocycles. The highest BCUT2D eigenvalue weighted by atomic mass is 16.5. The first kappa shape index (κ1) is 35.2. The lowest BCUT2D eigenvalue weighted by Gasteiger charge is -2.32. The van der Waals surface area contributed by atoms with E-state index >= 15 is 0 Å². The van der Waals surface area contributed by atoms with Crippen LogP contribution in [0.3, 0.4) is 0 Å². The molecule has 5 heteroatoms. The highest BCUT2D eigenvalue weighted by molar-refractivity contribution is 6.36. The summed E-state index contributed by atoms with van der Waals surface area (Å²) in [6.45, 7) is 9.04. The second-order valence-electron chi connectivity index (χ2n) is 11.7. The molecular formula is C37H55NO4. The predicted molar refractivity (Wildman–Crippen MR) is 174 cm³/mol. The summed E-state index contributed by atoms with van der Waals surface area (Å²) in [5.41, 5.74) is 3.10. The molecule has 1 atom stereocenters. The Morgan fingerprint density at radius 2 is 1.62 bits per heavy atom. The van der Waals surface area contributed by atoms with Gasteiger partial charge in [0.15, 0.2) is 0 Å². The zero-order valence-corrected chi connectivity index (χ0v) is 26.4. The third-order valence-electron chi connectivity index (χ3n) is 8.24. The molecule has 1 unspecified atom stereocenters. The van der Waals surface area contributed by atoms with Gasteiger partial charge in [-0.2, -0.15) is 0 Å². The van der Waals surface area contributed by atoms with Crippen molar-refractivity contribution in [3.63, 3.8) is 0 Å². The molecule has 0 spiro atoms. The van der Waals surface area contributed by atoms with Crippen LogP contribution in [0.2, 0.25) is 0 Å². The Balaban J connectivity index is 1.45. The zero-order valence-electron chi connectivity index (χ0n) is 26.4. The number of rotatable bonds is 21. The van der Waals surface area contributed by atoms with Crippen LogP contribution in [-0.4, -0.2) is 41.8 Å². The Kier molecular flexibility index (Phi) is 18.2. The molecule has 0 aliphatic carbocycles. The topological polar surface area (TPSA) is 63.7 Å². The molecule has 1 saturated heterocycles. The number of esters is 1. The lowest BCUT2D eigenvalue weighted by molar-refractivity contribution is -0.147. The van der Waals surface area contributed by atoms with E-state index in [9.17, 15) is 14.4 Å². The van der Waals surface area contributed by atoms with Gasteiger partial charge in [-0.15, -0.1) is 0 Å². The lowest BCUT2D eigenvalue weighted by atomic mass is 10.0. The molecule has 0 radical (unpaired) electrons. The predicted octanol–water partition coefficient (Wildman–Crippen LogP) is 9.12. The van der Waals surface area contributed by atoms with Gasteiger partial charge in [-0.25, -0.2) is 4.79 Å². The van der Waals surface area contributed by atoms with Crippen molar-refractivity contribution in [1.82, 2.24) is 4.90 Å². The SMILES string of the molecule is C=C/C=C\C(=C/C)CCCc1cccc(C(=O)OCCCCCCCCCCCCC(=O)C(=O)N2CCCCC2C)c1. The molecule has 2 rings (SSSR count). The Morgan fingerprint density at radius 3 is 2.29 bits per heavy atom. The Hall–Kier alpha value is -2.95. The minimum Gasteiger partial charge on any atom is -0.462 e. The lowest BCUT2D eigenvalue weighted by Crippen LogP contribution is -2.45. The third-order valence-corrected chi connectivity index (χ3v) is 8.24. The van der Waals surface area contributed by atoms with Crippen LogP contribution in [0.4, 0.5) is 0 Å². The van der Waals surface area contributed by atoms with Crippen LogP contribution in [0.15, 0.2) is 60.7 Å². The summed E-state index contributed by atoms with van der Waals surface area (Å²) in [7, 11) is 0. The van der Waals surface area contributed by atoms with Crippen molar-refractivity contribution in [2.24, 2.45) is 0 Å². The number of nitrogens with zero attached hydrogens (tertiary/aromatic N) is 1. The Morgan fingerprint density at radius 1 is 0.929 bits per heavy atom. The number of ketones is 1. The fourth-order valence-electron chi connectivity index (χ4n) is 5.58. The van der Waals surface area contributed by atoms with Gasteiger partial charge in [0.25, 0.3) is 5.91 Å². The normalized spacial score (nSPS) is 15.6. The number of Topliss-reactive ketones (excluding diaryl/α,β-unsaturated/α-hetero) is 1. The van der Waals surface area contributed by atoms with E-state index in [1.54, 1.807) is 11.0 Å². The largest absolute Gasteiger partial charge is 0.462 e. The van der Waals surface area contributed by atoms with Crippen LogP contribution < -0.4 is 0 Å². The van der Waals surface area contributed by atoms with E-state index in [4.69, 9.17) is 4.74 Å². The monoisotopic (exact) mass is 577 g/mol. The van der Waals surface area contributed by atoms with E-state index in [0.29, 0.717) is 18.6 Å². The number of piperidine rings is 1. The minimum absolute atomic E-state index is 0.203. The summed E-state index contributed by atoms with van der Waals surface area (Å²) in [4.78, 5) is 38.9. The first-order valence-corrected chi connectivity index (χ1v) is 16.5. The molecule has 1 aliphatic heterocycles. The van der Waals surface area contributed by atoms with E-state index in [0.717, 1.165) is 83.6 Å². The zero-order chi connectivity index (χ0) is 30.4. The molecule has 0 bridgehead atoms. The molecule has 1 aromatic rings. The molecule has 0 saturated carbocycles. The van der Waals surface area contributed by atoms with Gasteiger partial charge < -0.3 is 9.64 Å². The van der Waals surface area contributed by atoms with Gasteiger partial charge in [0.05, 0.1) is 12.2 Å². The van der Waals surface area contributed by atoms with E-state index in [1.807, 2.05) is 31.2 Å². The number of amides is 1. The number of hydrogen-bond donors (Lipinski definition) is 0. The van der Waals surface area contributed by atoms with E-state index in [1.165, 1.54) is 36.8 Å². The van der Waals surface area contributed by atoms with E-state index in [2.05, 4.69) is 31.7 Å². The maximum atomic E-state index is 12.5. The van der Waals surface area contributed by atoms with Crippen LogP contribution in [0.5, 0.6) is 0 Å². The van der Waals surface area contributed by atoms with Crippen molar-refractivity contribution in [2.75, 3.05) is 13.2 Å². The molecule has 232 valence electrons. The average molecular weight is 578 g/mol. The number of likely N-dealkylation sites (tertiary alicyclic amines) is 1. The molecule has 1 fully saturated rings. The molecule has 1 amide bonds. The second kappa shape index (κ2) is 21.7. The van der Waals surface area contributed by atoms with Crippen molar-refractivity contribution in [2.45, 2.75) is 129 Å². The summed E-state index contributed by atoms with van der Waals surface area (Å²) < 4.78 is 5.53. The van der Waals surface area contributed by atoms with Gasteiger partial charge >= 0.3 is 5.97 Å². The smallest absolute Gasteiger partial charge is 0.338 e. The standard InChI is InChI=1S/C37H55NO4/c1-4-6-22-32(5-2)23-19-24-33-25-20-26-34(30-33)37(41)42-29-18-14-12-10-8-7-9-11-13-15-27-35(39)36(40)38-28-17-16-21-31(38)3/h4-6,20,22,25-26,30-31H,1,7-19,21,23-24,27-29H2,2-3H3/b22-6-,32-5+. The van der Waals surface area contributed by atoms with Crippen LogP contribution >= 0.6 is 0 Å². The number of benzene rings is 1. The van der Waals surface area contributed by atoms with Gasteiger partial charge in [-0.3, -0.25) is 9.59 Å². The maximum Gasteiger partial charge on any atom is 0.338 e. The fraction of sp³-hybridized carbons (Fsp3) is 0.595. The summed E-state index contributed by atoms with van der Waals surface area (Å²) in [6.07, 6.45) is 25.4. The molecule has 42 heavy (non-hydrogen) atoms. The van der Waals surface area contributed by atoms with Crippen molar-refractivity contribution >= 4 is 17.7 Å². The summed E-state index contributed by atoms with van der Waals surface area (Å²) >= 11 is 0. The van der Waals surface area contributed by atoms with Crippen LogP contribution in [0, 0.1) is 0 Å². The van der Waals surface area contributed by atoms with Crippen molar-refractivity contribution in [3.8, 4) is 0 Å². The Labute approximate surface area is 255 Å². The van der Waals surface area contributed by atoms with Crippen molar-refractivity contribution in [1.29, 1.82) is 0 Å². The molecule has 5 nitrogen and oxygen atoms in total. The summed E-state index contributed by atoms with van der Waals surface area (Å²) in [5, 5.41) is 0. The molecule has 1 aliphatic rings. The molecule has 0 aromatic heterocycles. The van der Waals surface area contributed by atoms with Gasteiger partial charge in [-0.1, -0.05) is 100.0 Å². The third kappa shape index (κ3) is 14.3. The van der Waals surface area contributed by atoms with Crippen molar-refractivity contribution in [3.05, 3.63) is 71.8 Å².